The van der Waals surface area contributed by atoms with Crippen molar-refractivity contribution >= 4 is 5.91 Å². The summed E-state index contributed by atoms with van der Waals surface area (Å²) in [5, 5.41) is 0. The van der Waals surface area contributed by atoms with Gasteiger partial charge < -0.3 is 4.90 Å². The van der Waals surface area contributed by atoms with E-state index in [0.29, 0.717) is 13.0 Å². The van der Waals surface area contributed by atoms with Gasteiger partial charge in [-0.15, -0.1) is 0 Å². The van der Waals surface area contributed by atoms with Crippen LogP contribution in [0, 0.1) is 12.3 Å². The Hall–Kier alpha value is -2.09. The molecule has 1 radical (unpaired) electrons. The van der Waals surface area contributed by atoms with E-state index in [0.717, 1.165) is 18.5 Å². The normalized spacial score (nSPS) is 11.3. The Labute approximate surface area is 140 Å². The largest absolute Gasteiger partial charge is 0.338 e. The molecule has 1 amide bonds. The summed E-state index contributed by atoms with van der Waals surface area (Å²) < 4.78 is 0. The zero-order valence-electron chi connectivity index (χ0n) is 14.2. The third-order valence-corrected chi connectivity index (χ3v) is 3.71. The Morgan fingerprint density at radius 3 is 2.00 bits per heavy atom. The second-order valence-corrected chi connectivity index (χ2v) is 6.88. The Bertz CT molecular complexity index is 599. The summed E-state index contributed by atoms with van der Waals surface area (Å²) in [6.07, 6.45) is 1.34. The van der Waals surface area contributed by atoms with Crippen LogP contribution in [0.25, 0.3) is 0 Å². The molecule has 0 aromatic heterocycles. The number of nitrogens with zero attached hydrogens (tertiary/aromatic N) is 1. The van der Waals surface area contributed by atoms with Crippen molar-refractivity contribution in [3.05, 3.63) is 78.7 Å². The Morgan fingerprint density at radius 1 is 0.957 bits per heavy atom. The van der Waals surface area contributed by atoms with Crippen molar-refractivity contribution < 1.29 is 4.79 Å². The van der Waals surface area contributed by atoms with Crippen LogP contribution in [0.15, 0.2) is 60.7 Å². The lowest BCUT2D eigenvalue weighted by atomic mass is 9.91. The van der Waals surface area contributed by atoms with Crippen molar-refractivity contribution in [2.45, 2.75) is 33.2 Å². The van der Waals surface area contributed by atoms with Gasteiger partial charge in [-0.3, -0.25) is 4.79 Å². The van der Waals surface area contributed by atoms with Crippen molar-refractivity contribution in [2.24, 2.45) is 5.41 Å². The summed E-state index contributed by atoms with van der Waals surface area (Å²) in [4.78, 5) is 14.6. The first-order valence-corrected chi connectivity index (χ1v) is 8.15. The minimum absolute atomic E-state index is 0.171. The average molecular weight is 308 g/mol. The van der Waals surface area contributed by atoms with E-state index < -0.39 is 0 Å². The molecule has 0 aliphatic heterocycles. The number of carbonyl (C=O) groups is 1. The Balaban J connectivity index is 2.05. The second-order valence-electron chi connectivity index (χ2n) is 6.88. The van der Waals surface area contributed by atoms with Gasteiger partial charge in [-0.25, -0.2) is 0 Å². The third-order valence-electron chi connectivity index (χ3n) is 3.71. The maximum absolute atomic E-state index is 12.7. The zero-order chi connectivity index (χ0) is 16.7. The molecule has 2 heteroatoms. The van der Waals surface area contributed by atoms with Gasteiger partial charge in [0.2, 0.25) is 5.91 Å². The van der Waals surface area contributed by atoms with Crippen molar-refractivity contribution in [3.63, 3.8) is 0 Å². The highest BCUT2D eigenvalue weighted by Gasteiger charge is 2.21. The van der Waals surface area contributed by atoms with Gasteiger partial charge in [-0.05, 0) is 29.9 Å². The first-order valence-electron chi connectivity index (χ1n) is 8.15. The molecule has 2 aromatic carbocycles. The summed E-state index contributed by atoms with van der Waals surface area (Å²) in [6.45, 7) is 9.46. The maximum atomic E-state index is 12.7. The van der Waals surface area contributed by atoms with Gasteiger partial charge in [0.25, 0.3) is 0 Å². The summed E-state index contributed by atoms with van der Waals surface area (Å²) in [6, 6.07) is 20.5. The molecule has 0 aliphatic rings. The molecule has 0 fully saturated rings. The number of rotatable bonds is 7. The lowest BCUT2D eigenvalue weighted by Gasteiger charge is -2.27. The van der Waals surface area contributed by atoms with E-state index in [1.165, 1.54) is 5.56 Å². The second kappa shape index (κ2) is 7.96. The molecule has 2 aromatic rings. The summed E-state index contributed by atoms with van der Waals surface area (Å²) in [7, 11) is 0. The quantitative estimate of drug-likeness (QED) is 0.737. The number of carbonyl (C=O) groups excluding carboxylic acids is 1. The average Bonchev–Trinajstić information content (AvgIpc) is 2.51. The number of hydrogen-bond donors (Lipinski definition) is 0. The standard InChI is InChI=1S/C21H26NO/c1-21(2,3)16-20(23)22(17-19-12-8-5-9-13-19)15-14-18-10-6-4-7-11-18/h4-13H,1,14-17H2,2-3H3. The summed E-state index contributed by atoms with van der Waals surface area (Å²) in [5.74, 6) is 0.171. The van der Waals surface area contributed by atoms with Gasteiger partial charge in [0.15, 0.2) is 0 Å². The molecule has 121 valence electrons. The maximum Gasteiger partial charge on any atom is 0.223 e. The van der Waals surface area contributed by atoms with E-state index in [1.54, 1.807) is 0 Å². The third kappa shape index (κ3) is 6.27. The lowest BCUT2D eigenvalue weighted by molar-refractivity contribution is -0.133. The molecule has 0 unspecified atom stereocenters. The minimum atomic E-state index is -0.237. The lowest BCUT2D eigenvalue weighted by Crippen LogP contribution is -2.34. The van der Waals surface area contributed by atoms with Crippen LogP contribution in [0.4, 0.5) is 0 Å². The number of hydrogen-bond acceptors (Lipinski definition) is 1. The first kappa shape index (κ1) is 17.3. The molecule has 0 bridgehead atoms. The molecule has 0 aliphatic carbocycles. The number of amides is 1. The molecule has 2 nitrogen and oxygen atoms in total. The van der Waals surface area contributed by atoms with Gasteiger partial charge in [-0.1, -0.05) is 74.5 Å². The molecule has 0 heterocycles. The fourth-order valence-electron chi connectivity index (χ4n) is 2.53. The van der Waals surface area contributed by atoms with E-state index in [-0.39, 0.29) is 11.3 Å². The van der Waals surface area contributed by atoms with Gasteiger partial charge in [0, 0.05) is 19.5 Å². The van der Waals surface area contributed by atoms with Crippen LogP contribution in [0.5, 0.6) is 0 Å². The van der Waals surface area contributed by atoms with E-state index in [1.807, 2.05) is 55.1 Å². The minimum Gasteiger partial charge on any atom is -0.338 e. The highest BCUT2D eigenvalue weighted by molar-refractivity contribution is 5.77. The molecule has 0 saturated heterocycles. The van der Waals surface area contributed by atoms with Crippen molar-refractivity contribution in [1.82, 2.24) is 4.90 Å². The predicted molar refractivity (Wildman–Crippen MR) is 95.8 cm³/mol. The van der Waals surface area contributed by atoms with Gasteiger partial charge in [-0.2, -0.15) is 0 Å². The zero-order valence-corrected chi connectivity index (χ0v) is 14.2. The van der Waals surface area contributed by atoms with Crippen LogP contribution in [-0.4, -0.2) is 17.4 Å². The van der Waals surface area contributed by atoms with E-state index in [9.17, 15) is 4.79 Å². The Morgan fingerprint density at radius 2 is 1.48 bits per heavy atom. The highest BCUT2D eigenvalue weighted by atomic mass is 16.2. The monoisotopic (exact) mass is 308 g/mol. The van der Waals surface area contributed by atoms with Crippen LogP contribution in [-0.2, 0) is 17.8 Å². The molecule has 0 N–H and O–H groups in total. The molecule has 23 heavy (non-hydrogen) atoms. The smallest absolute Gasteiger partial charge is 0.223 e. The SMILES string of the molecule is [CH2]C(C)(C)CC(=O)N(CCc1ccccc1)Cc1ccccc1. The fourth-order valence-corrected chi connectivity index (χ4v) is 2.53. The fraction of sp³-hybridized carbons (Fsp3) is 0.333. The van der Waals surface area contributed by atoms with Crippen LogP contribution < -0.4 is 0 Å². The van der Waals surface area contributed by atoms with Gasteiger partial charge in [0.05, 0.1) is 0 Å². The predicted octanol–water partition coefficient (Wildman–Crippen LogP) is 4.51. The van der Waals surface area contributed by atoms with Gasteiger partial charge >= 0.3 is 0 Å². The van der Waals surface area contributed by atoms with Crippen molar-refractivity contribution in [1.29, 1.82) is 0 Å². The first-order chi connectivity index (χ1) is 10.9. The van der Waals surface area contributed by atoms with E-state index in [2.05, 4.69) is 31.2 Å². The van der Waals surface area contributed by atoms with Gasteiger partial charge in [0.1, 0.15) is 0 Å². The van der Waals surface area contributed by atoms with E-state index in [4.69, 9.17) is 0 Å². The molecular weight excluding hydrogens is 282 g/mol. The highest BCUT2D eigenvalue weighted by Crippen LogP contribution is 2.20. The molecule has 0 atom stereocenters. The number of benzene rings is 2. The summed E-state index contributed by atoms with van der Waals surface area (Å²) in [5.41, 5.74) is 2.18. The van der Waals surface area contributed by atoms with Crippen molar-refractivity contribution in [3.8, 4) is 0 Å². The Kier molecular flexibility index (Phi) is 5.97. The molecule has 0 saturated carbocycles. The molecule has 2 rings (SSSR count). The molecule has 0 spiro atoms. The molecular formula is C21H26NO. The van der Waals surface area contributed by atoms with Crippen LogP contribution in [0.2, 0.25) is 0 Å². The topological polar surface area (TPSA) is 20.3 Å². The van der Waals surface area contributed by atoms with Crippen LogP contribution in [0.1, 0.15) is 31.4 Å². The summed E-state index contributed by atoms with van der Waals surface area (Å²) >= 11 is 0. The van der Waals surface area contributed by atoms with E-state index >= 15 is 0 Å². The van der Waals surface area contributed by atoms with Crippen LogP contribution in [0.3, 0.4) is 0 Å². The van der Waals surface area contributed by atoms with Crippen molar-refractivity contribution in [2.75, 3.05) is 6.54 Å². The van der Waals surface area contributed by atoms with Crippen LogP contribution >= 0.6 is 0 Å².